The van der Waals surface area contributed by atoms with Crippen LogP contribution in [0.4, 0.5) is 0 Å². The van der Waals surface area contributed by atoms with Crippen molar-refractivity contribution in [1.82, 2.24) is 15.1 Å². The van der Waals surface area contributed by atoms with Crippen molar-refractivity contribution in [3.05, 3.63) is 35.9 Å². The third kappa shape index (κ3) is 5.24. The molecule has 1 N–H and O–H groups in total. The predicted octanol–water partition coefficient (Wildman–Crippen LogP) is 2.64. The Balaban J connectivity index is 1.90. The number of guanidine groups is 1. The molecule has 0 radical (unpaired) electrons. The number of aliphatic imine (C=N–C) groups is 1. The first-order valence-corrected chi connectivity index (χ1v) is 8.56. The highest BCUT2D eigenvalue weighted by atomic mass is 15.3. The Kier molecular flexibility index (Phi) is 6.05. The molecule has 0 aliphatic carbocycles. The van der Waals surface area contributed by atoms with E-state index in [0.29, 0.717) is 5.92 Å². The van der Waals surface area contributed by atoms with Gasteiger partial charge in [0.15, 0.2) is 5.96 Å². The second-order valence-electron chi connectivity index (χ2n) is 7.65. The van der Waals surface area contributed by atoms with Crippen molar-refractivity contribution in [1.29, 1.82) is 0 Å². The molecule has 1 unspecified atom stereocenters. The second kappa shape index (κ2) is 7.82. The molecular formula is C19H32N4. The Labute approximate surface area is 141 Å². The minimum absolute atomic E-state index is 0.220. The fourth-order valence-corrected chi connectivity index (χ4v) is 3.51. The maximum atomic E-state index is 4.50. The number of hydrogen-bond acceptors (Lipinski definition) is 2. The molecule has 128 valence electrons. The van der Waals surface area contributed by atoms with Crippen molar-refractivity contribution in [2.24, 2.45) is 10.4 Å². The molecule has 1 aliphatic rings. The molecule has 4 nitrogen and oxygen atoms in total. The monoisotopic (exact) mass is 316 g/mol. The van der Waals surface area contributed by atoms with Crippen molar-refractivity contribution in [3.63, 3.8) is 0 Å². The fraction of sp³-hybridized carbons (Fsp3) is 0.632. The van der Waals surface area contributed by atoms with Gasteiger partial charge >= 0.3 is 0 Å². The average molecular weight is 316 g/mol. The van der Waals surface area contributed by atoms with E-state index in [2.05, 4.69) is 78.4 Å². The van der Waals surface area contributed by atoms with E-state index < -0.39 is 0 Å². The van der Waals surface area contributed by atoms with Gasteiger partial charge in [0.05, 0.1) is 0 Å². The third-order valence-corrected chi connectivity index (χ3v) is 4.44. The highest BCUT2D eigenvalue weighted by Crippen LogP contribution is 2.27. The first kappa shape index (κ1) is 17.8. The highest BCUT2D eigenvalue weighted by Gasteiger charge is 2.27. The molecule has 2 rings (SSSR count). The van der Waals surface area contributed by atoms with Gasteiger partial charge in [-0.3, -0.25) is 4.99 Å². The molecular weight excluding hydrogens is 284 g/mol. The van der Waals surface area contributed by atoms with Gasteiger partial charge in [0, 0.05) is 39.1 Å². The maximum absolute atomic E-state index is 4.50. The molecule has 23 heavy (non-hydrogen) atoms. The summed E-state index contributed by atoms with van der Waals surface area (Å²) in [4.78, 5) is 9.13. The summed E-state index contributed by atoms with van der Waals surface area (Å²) in [6, 6.07) is 10.8. The number of nitrogens with one attached hydrogen (secondary N) is 1. The van der Waals surface area contributed by atoms with E-state index in [1.165, 1.54) is 12.0 Å². The quantitative estimate of drug-likeness (QED) is 0.669. The molecule has 1 aliphatic heterocycles. The maximum Gasteiger partial charge on any atom is 0.193 e. The van der Waals surface area contributed by atoms with Crippen molar-refractivity contribution in [2.45, 2.75) is 26.2 Å². The zero-order valence-electron chi connectivity index (χ0n) is 15.3. The summed E-state index contributed by atoms with van der Waals surface area (Å²) in [7, 11) is 6.14. The smallest absolute Gasteiger partial charge is 0.193 e. The number of benzene rings is 1. The van der Waals surface area contributed by atoms with Gasteiger partial charge in [0.25, 0.3) is 0 Å². The molecule has 0 aromatic heterocycles. The van der Waals surface area contributed by atoms with Gasteiger partial charge in [0.1, 0.15) is 0 Å². The Bertz CT molecular complexity index is 507. The lowest BCUT2D eigenvalue weighted by Crippen LogP contribution is -2.46. The first-order valence-electron chi connectivity index (χ1n) is 8.56. The summed E-state index contributed by atoms with van der Waals surface area (Å²) < 4.78 is 0. The van der Waals surface area contributed by atoms with Crippen LogP contribution in [0.25, 0.3) is 0 Å². The normalized spacial score (nSPS) is 19.5. The number of nitrogens with zero attached hydrogens (tertiary/aromatic N) is 3. The van der Waals surface area contributed by atoms with Crippen LogP contribution in [0, 0.1) is 5.41 Å². The van der Waals surface area contributed by atoms with E-state index >= 15 is 0 Å². The third-order valence-electron chi connectivity index (χ3n) is 4.44. The van der Waals surface area contributed by atoms with E-state index in [1.54, 1.807) is 0 Å². The summed E-state index contributed by atoms with van der Waals surface area (Å²) in [5, 5.41) is 3.58. The van der Waals surface area contributed by atoms with E-state index in [1.807, 2.05) is 7.05 Å². The van der Waals surface area contributed by atoms with Crippen molar-refractivity contribution in [2.75, 3.05) is 47.3 Å². The molecule has 0 spiro atoms. The van der Waals surface area contributed by atoms with Crippen LogP contribution in [0.15, 0.2) is 35.3 Å². The molecule has 0 amide bonds. The zero-order valence-corrected chi connectivity index (χ0v) is 15.3. The number of rotatable bonds is 5. The van der Waals surface area contributed by atoms with Gasteiger partial charge in [0.2, 0.25) is 0 Å². The van der Waals surface area contributed by atoms with Crippen molar-refractivity contribution >= 4 is 5.96 Å². The molecule has 1 saturated heterocycles. The lowest BCUT2D eigenvalue weighted by Gasteiger charge is -2.31. The van der Waals surface area contributed by atoms with Crippen LogP contribution in [0.1, 0.15) is 31.7 Å². The van der Waals surface area contributed by atoms with Crippen molar-refractivity contribution in [3.8, 4) is 0 Å². The standard InChI is InChI=1S/C19H32N4/c1-19(2,15-22(4)5)14-21-18(20-3)23-12-11-17(13-23)16-9-7-6-8-10-16/h6-10,17H,11-15H2,1-5H3,(H,20,21). The Morgan fingerprint density at radius 3 is 2.61 bits per heavy atom. The molecule has 0 saturated carbocycles. The van der Waals surface area contributed by atoms with Crippen molar-refractivity contribution < 1.29 is 0 Å². The summed E-state index contributed by atoms with van der Waals surface area (Å²) in [6.07, 6.45) is 1.20. The lowest BCUT2D eigenvalue weighted by molar-refractivity contribution is 0.239. The summed E-state index contributed by atoms with van der Waals surface area (Å²) in [5.41, 5.74) is 1.66. The summed E-state index contributed by atoms with van der Waals surface area (Å²) in [6.45, 7) is 8.72. The summed E-state index contributed by atoms with van der Waals surface area (Å²) >= 11 is 0. The summed E-state index contributed by atoms with van der Waals surface area (Å²) in [5.74, 6) is 1.65. The van der Waals surface area contributed by atoms with Gasteiger partial charge in [-0.15, -0.1) is 0 Å². The van der Waals surface area contributed by atoms with Crippen LogP contribution in [-0.4, -0.2) is 63.1 Å². The van der Waals surface area contributed by atoms with E-state index in [-0.39, 0.29) is 5.41 Å². The van der Waals surface area contributed by atoms with E-state index in [4.69, 9.17) is 0 Å². The fourth-order valence-electron chi connectivity index (χ4n) is 3.51. The molecule has 1 atom stereocenters. The minimum atomic E-state index is 0.220. The Morgan fingerprint density at radius 1 is 1.30 bits per heavy atom. The molecule has 4 heteroatoms. The largest absolute Gasteiger partial charge is 0.356 e. The van der Waals surface area contributed by atoms with E-state index in [0.717, 1.165) is 32.1 Å². The molecule has 1 fully saturated rings. The molecule has 0 bridgehead atoms. The second-order valence-corrected chi connectivity index (χ2v) is 7.65. The zero-order chi connectivity index (χ0) is 16.9. The SMILES string of the molecule is CN=C(NCC(C)(C)CN(C)C)N1CCC(c2ccccc2)C1. The first-order chi connectivity index (χ1) is 10.9. The molecule has 1 heterocycles. The van der Waals surface area contributed by atoms with Gasteiger partial charge in [-0.25, -0.2) is 0 Å². The van der Waals surface area contributed by atoms with Crippen LogP contribution in [0.5, 0.6) is 0 Å². The number of likely N-dealkylation sites (tertiary alicyclic amines) is 1. The van der Waals surface area contributed by atoms with Crippen LogP contribution < -0.4 is 5.32 Å². The van der Waals surface area contributed by atoms with Crippen LogP contribution >= 0.6 is 0 Å². The van der Waals surface area contributed by atoms with Gasteiger partial charge < -0.3 is 15.1 Å². The number of hydrogen-bond donors (Lipinski definition) is 1. The molecule has 1 aromatic rings. The minimum Gasteiger partial charge on any atom is -0.356 e. The predicted molar refractivity (Wildman–Crippen MR) is 99.1 cm³/mol. The topological polar surface area (TPSA) is 30.9 Å². The van der Waals surface area contributed by atoms with Gasteiger partial charge in [-0.1, -0.05) is 44.2 Å². The van der Waals surface area contributed by atoms with Crippen LogP contribution in [0.3, 0.4) is 0 Å². The lowest BCUT2D eigenvalue weighted by atomic mass is 9.93. The Hall–Kier alpha value is -1.55. The van der Waals surface area contributed by atoms with Crippen LogP contribution in [-0.2, 0) is 0 Å². The van der Waals surface area contributed by atoms with E-state index in [9.17, 15) is 0 Å². The Morgan fingerprint density at radius 2 is 2.00 bits per heavy atom. The van der Waals surface area contributed by atoms with Crippen LogP contribution in [0.2, 0.25) is 0 Å². The highest BCUT2D eigenvalue weighted by molar-refractivity contribution is 5.80. The van der Waals surface area contributed by atoms with Gasteiger partial charge in [-0.2, -0.15) is 0 Å². The average Bonchev–Trinajstić information content (AvgIpc) is 2.97. The van der Waals surface area contributed by atoms with Gasteiger partial charge in [-0.05, 0) is 31.5 Å². The molecule has 1 aromatic carbocycles.